The highest BCUT2D eigenvalue weighted by atomic mass is 19.4. The predicted molar refractivity (Wildman–Crippen MR) is 91.0 cm³/mol. The molecule has 27 heavy (non-hydrogen) atoms. The third kappa shape index (κ3) is 4.24. The van der Waals surface area contributed by atoms with Crippen molar-refractivity contribution < 1.29 is 22.7 Å². The van der Waals surface area contributed by atoms with Crippen LogP contribution in [0.3, 0.4) is 0 Å². The number of alkyl halides is 3. The van der Waals surface area contributed by atoms with Crippen molar-refractivity contribution in [1.29, 1.82) is 0 Å². The Balaban J connectivity index is 2.02. The molecule has 0 saturated heterocycles. The third-order valence-electron chi connectivity index (χ3n) is 3.78. The van der Waals surface area contributed by atoms with Crippen molar-refractivity contribution in [3.05, 3.63) is 47.9 Å². The van der Waals surface area contributed by atoms with Gasteiger partial charge in [0.2, 0.25) is 0 Å². The van der Waals surface area contributed by atoms with Crippen LogP contribution in [0.2, 0.25) is 0 Å². The van der Waals surface area contributed by atoms with E-state index in [1.165, 1.54) is 0 Å². The summed E-state index contributed by atoms with van der Waals surface area (Å²) in [5.41, 5.74) is -0.489. The molecule has 0 amide bonds. The molecule has 0 aliphatic heterocycles. The summed E-state index contributed by atoms with van der Waals surface area (Å²) in [6.45, 7) is 4.06. The van der Waals surface area contributed by atoms with E-state index in [2.05, 4.69) is 15.1 Å². The molecule has 0 atom stereocenters. The van der Waals surface area contributed by atoms with Gasteiger partial charge >= 0.3 is 12.1 Å². The zero-order valence-corrected chi connectivity index (χ0v) is 14.7. The van der Waals surface area contributed by atoms with Gasteiger partial charge in [-0.3, -0.25) is 0 Å². The Labute approximate surface area is 153 Å². The fourth-order valence-electron chi connectivity index (χ4n) is 2.37. The number of halogens is 3. The second-order valence-electron chi connectivity index (χ2n) is 6.36. The van der Waals surface area contributed by atoms with Crippen LogP contribution in [0.4, 0.5) is 13.2 Å². The highest BCUT2D eigenvalue weighted by Gasteiger charge is 2.36. The van der Waals surface area contributed by atoms with Gasteiger partial charge in [0.25, 0.3) is 11.6 Å². The van der Waals surface area contributed by atoms with E-state index in [9.17, 15) is 18.0 Å². The lowest BCUT2D eigenvalue weighted by atomic mass is 10.1. The first-order valence-electron chi connectivity index (χ1n) is 8.33. The maximum absolute atomic E-state index is 13.5. The van der Waals surface area contributed by atoms with Crippen LogP contribution in [-0.4, -0.2) is 32.2 Å². The number of hydrogen-bond donors (Lipinski definition) is 0. The molecule has 0 spiro atoms. The van der Waals surface area contributed by atoms with Crippen LogP contribution in [0.25, 0.3) is 17.0 Å². The molecular weight excluding hydrogens is 361 g/mol. The standard InChI is InChI=1S/C18H17F3N4O2/c1-11(2)8-9-27-16(26)15-23-17-22-13(12-6-4-3-5-7-12)10-14(18(19,20)21)25(17)24-15/h3-7,10-11H,8-9H2,1-2H3. The van der Waals surface area contributed by atoms with Crippen LogP contribution in [-0.2, 0) is 10.9 Å². The average molecular weight is 378 g/mol. The molecule has 0 radical (unpaired) electrons. The summed E-state index contributed by atoms with van der Waals surface area (Å²) in [6, 6.07) is 9.28. The second-order valence-corrected chi connectivity index (χ2v) is 6.36. The van der Waals surface area contributed by atoms with Crippen molar-refractivity contribution in [2.24, 2.45) is 5.92 Å². The largest absolute Gasteiger partial charge is 0.460 e. The van der Waals surface area contributed by atoms with Gasteiger partial charge in [0.1, 0.15) is 0 Å². The van der Waals surface area contributed by atoms with Gasteiger partial charge in [-0.25, -0.2) is 9.78 Å². The van der Waals surface area contributed by atoms with Crippen LogP contribution >= 0.6 is 0 Å². The van der Waals surface area contributed by atoms with Crippen molar-refractivity contribution in [2.45, 2.75) is 26.4 Å². The number of nitrogens with zero attached hydrogens (tertiary/aromatic N) is 4. The molecular formula is C18H17F3N4O2. The summed E-state index contributed by atoms with van der Waals surface area (Å²) >= 11 is 0. The molecule has 6 nitrogen and oxygen atoms in total. The van der Waals surface area contributed by atoms with Gasteiger partial charge < -0.3 is 4.74 Å². The second kappa shape index (κ2) is 7.34. The fourth-order valence-corrected chi connectivity index (χ4v) is 2.37. The van der Waals surface area contributed by atoms with Gasteiger partial charge in [0, 0.05) is 5.56 Å². The van der Waals surface area contributed by atoms with Crippen molar-refractivity contribution in [3.8, 4) is 11.3 Å². The van der Waals surface area contributed by atoms with Crippen molar-refractivity contribution in [2.75, 3.05) is 6.61 Å². The molecule has 0 N–H and O–H groups in total. The molecule has 0 bridgehead atoms. The Morgan fingerprint density at radius 1 is 1.19 bits per heavy atom. The summed E-state index contributed by atoms with van der Waals surface area (Å²) in [5.74, 6) is -1.34. The number of esters is 1. The molecule has 3 rings (SSSR count). The van der Waals surface area contributed by atoms with Crippen LogP contribution in [0, 0.1) is 5.92 Å². The number of fused-ring (bicyclic) bond motifs is 1. The maximum Gasteiger partial charge on any atom is 0.433 e. The zero-order valence-electron chi connectivity index (χ0n) is 14.7. The Morgan fingerprint density at radius 2 is 1.89 bits per heavy atom. The molecule has 0 aliphatic carbocycles. The number of aromatic nitrogens is 4. The summed E-state index contributed by atoms with van der Waals surface area (Å²) in [4.78, 5) is 20.0. The van der Waals surface area contributed by atoms with Gasteiger partial charge in [-0.2, -0.15) is 22.7 Å². The number of hydrogen-bond acceptors (Lipinski definition) is 5. The van der Waals surface area contributed by atoms with Gasteiger partial charge in [-0.15, -0.1) is 5.10 Å². The topological polar surface area (TPSA) is 69.4 Å². The predicted octanol–water partition coefficient (Wildman–Crippen LogP) is 4.01. The molecule has 2 aromatic heterocycles. The first-order valence-corrected chi connectivity index (χ1v) is 8.33. The van der Waals surface area contributed by atoms with Crippen molar-refractivity contribution >= 4 is 11.7 Å². The van der Waals surface area contributed by atoms with Gasteiger partial charge in [-0.1, -0.05) is 44.2 Å². The van der Waals surface area contributed by atoms with Crippen molar-refractivity contribution in [3.63, 3.8) is 0 Å². The first-order chi connectivity index (χ1) is 12.8. The summed E-state index contributed by atoms with van der Waals surface area (Å²) in [5, 5.41) is 3.66. The molecule has 9 heteroatoms. The highest BCUT2D eigenvalue weighted by Crippen LogP contribution is 2.31. The lowest BCUT2D eigenvalue weighted by Crippen LogP contribution is -2.14. The number of ether oxygens (including phenoxy) is 1. The van der Waals surface area contributed by atoms with E-state index in [4.69, 9.17) is 4.74 Å². The van der Waals surface area contributed by atoms with Gasteiger partial charge in [-0.05, 0) is 18.4 Å². The van der Waals surface area contributed by atoms with E-state index in [-0.39, 0.29) is 18.1 Å². The zero-order chi connectivity index (χ0) is 19.6. The Hall–Kier alpha value is -2.97. The summed E-state index contributed by atoms with van der Waals surface area (Å²) in [7, 11) is 0. The third-order valence-corrected chi connectivity index (χ3v) is 3.78. The van der Waals surface area contributed by atoms with Crippen LogP contribution in [0.1, 0.15) is 36.6 Å². The number of benzene rings is 1. The van der Waals surface area contributed by atoms with E-state index in [1.54, 1.807) is 30.3 Å². The normalized spacial score (nSPS) is 11.9. The molecule has 142 valence electrons. The van der Waals surface area contributed by atoms with Crippen molar-refractivity contribution in [1.82, 2.24) is 19.6 Å². The van der Waals surface area contributed by atoms with E-state index >= 15 is 0 Å². The Bertz CT molecular complexity index is 952. The number of carbonyl (C=O) groups excluding carboxylic acids is 1. The van der Waals surface area contributed by atoms with E-state index in [1.807, 2.05) is 13.8 Å². The minimum absolute atomic E-state index is 0.0857. The van der Waals surface area contributed by atoms with Crippen LogP contribution in [0.15, 0.2) is 36.4 Å². The highest BCUT2D eigenvalue weighted by molar-refractivity contribution is 5.85. The molecule has 3 aromatic rings. The van der Waals surface area contributed by atoms with Crippen LogP contribution < -0.4 is 0 Å². The minimum atomic E-state index is -4.70. The molecule has 0 aliphatic rings. The smallest absolute Gasteiger partial charge is 0.433 e. The van der Waals surface area contributed by atoms with Gasteiger partial charge in [0.15, 0.2) is 5.69 Å². The van der Waals surface area contributed by atoms with E-state index in [0.717, 1.165) is 6.07 Å². The first kappa shape index (κ1) is 18.8. The van der Waals surface area contributed by atoms with Crippen LogP contribution in [0.5, 0.6) is 0 Å². The quantitative estimate of drug-likeness (QED) is 0.628. The minimum Gasteiger partial charge on any atom is -0.460 e. The monoisotopic (exact) mass is 378 g/mol. The van der Waals surface area contributed by atoms with E-state index < -0.39 is 23.7 Å². The lowest BCUT2D eigenvalue weighted by molar-refractivity contribution is -0.142. The Morgan fingerprint density at radius 3 is 2.52 bits per heavy atom. The van der Waals surface area contributed by atoms with E-state index in [0.29, 0.717) is 22.4 Å². The average Bonchev–Trinajstić information content (AvgIpc) is 3.04. The lowest BCUT2D eigenvalue weighted by Gasteiger charge is -2.10. The molecule has 2 heterocycles. The molecule has 0 saturated carbocycles. The molecule has 0 unspecified atom stereocenters. The molecule has 0 fully saturated rings. The number of carbonyl (C=O) groups is 1. The SMILES string of the molecule is CC(C)CCOC(=O)c1nc2nc(-c3ccccc3)cc(C(F)(F)F)n2n1. The summed E-state index contributed by atoms with van der Waals surface area (Å²) in [6.07, 6.45) is -4.07. The Kier molecular flexibility index (Phi) is 5.11. The summed E-state index contributed by atoms with van der Waals surface area (Å²) < 4.78 is 46.0. The van der Waals surface area contributed by atoms with Gasteiger partial charge in [0.05, 0.1) is 12.3 Å². The fraction of sp³-hybridized carbons (Fsp3) is 0.333. The number of rotatable bonds is 5. The maximum atomic E-state index is 13.5. The molecule has 1 aromatic carbocycles.